The summed E-state index contributed by atoms with van der Waals surface area (Å²) in [6.45, 7) is 3.39. The fourth-order valence-electron chi connectivity index (χ4n) is 1.58. The lowest BCUT2D eigenvalue weighted by molar-refractivity contribution is 0.400. The molecular weight excluding hydrogens is 204 g/mol. The zero-order chi connectivity index (χ0) is 12.0. The standard InChI is InChI=1S/C12H20N2O2/c1-4-9-7-12(16-3)10(14-6-5-13)8-11(9)15-2/h7-8,14H,4-6,13H2,1-3H3. The number of hydrogen-bond donors (Lipinski definition) is 2. The maximum atomic E-state index is 5.46. The number of methoxy groups -OCH3 is 2. The van der Waals surface area contributed by atoms with Gasteiger partial charge in [0.05, 0.1) is 19.9 Å². The van der Waals surface area contributed by atoms with Crippen LogP contribution in [-0.4, -0.2) is 27.3 Å². The zero-order valence-electron chi connectivity index (χ0n) is 10.2. The second-order valence-corrected chi connectivity index (χ2v) is 3.43. The highest BCUT2D eigenvalue weighted by molar-refractivity contribution is 5.62. The summed E-state index contributed by atoms with van der Waals surface area (Å²) in [7, 11) is 3.34. The molecule has 0 saturated carbocycles. The van der Waals surface area contributed by atoms with Crippen LogP contribution < -0.4 is 20.5 Å². The molecule has 0 saturated heterocycles. The number of aryl methyl sites for hydroxylation is 1. The van der Waals surface area contributed by atoms with Gasteiger partial charge in [0.1, 0.15) is 11.5 Å². The summed E-state index contributed by atoms with van der Waals surface area (Å²) >= 11 is 0. The molecular formula is C12H20N2O2. The largest absolute Gasteiger partial charge is 0.496 e. The molecule has 1 rings (SSSR count). The maximum Gasteiger partial charge on any atom is 0.142 e. The lowest BCUT2D eigenvalue weighted by Crippen LogP contribution is -2.13. The van der Waals surface area contributed by atoms with E-state index in [4.69, 9.17) is 15.2 Å². The number of benzene rings is 1. The van der Waals surface area contributed by atoms with Crippen molar-refractivity contribution < 1.29 is 9.47 Å². The van der Waals surface area contributed by atoms with E-state index in [1.807, 2.05) is 12.1 Å². The molecule has 4 nitrogen and oxygen atoms in total. The first kappa shape index (κ1) is 12.6. The third-order valence-electron chi connectivity index (χ3n) is 2.44. The minimum atomic E-state index is 0.584. The average molecular weight is 224 g/mol. The Morgan fingerprint density at radius 1 is 1.19 bits per heavy atom. The fourth-order valence-corrected chi connectivity index (χ4v) is 1.58. The van der Waals surface area contributed by atoms with Crippen molar-refractivity contribution in [3.8, 4) is 11.5 Å². The van der Waals surface area contributed by atoms with Gasteiger partial charge in [-0.05, 0) is 18.1 Å². The average Bonchev–Trinajstić information content (AvgIpc) is 2.35. The van der Waals surface area contributed by atoms with Crippen molar-refractivity contribution in [3.05, 3.63) is 17.7 Å². The third-order valence-corrected chi connectivity index (χ3v) is 2.44. The van der Waals surface area contributed by atoms with Crippen LogP contribution in [0.25, 0.3) is 0 Å². The Morgan fingerprint density at radius 2 is 1.88 bits per heavy atom. The smallest absolute Gasteiger partial charge is 0.142 e. The van der Waals surface area contributed by atoms with Gasteiger partial charge in [-0.1, -0.05) is 6.92 Å². The summed E-state index contributed by atoms with van der Waals surface area (Å²) in [5, 5.41) is 3.21. The number of hydrogen-bond acceptors (Lipinski definition) is 4. The third kappa shape index (κ3) is 2.79. The van der Waals surface area contributed by atoms with Crippen molar-refractivity contribution in [1.82, 2.24) is 0 Å². The predicted octanol–water partition coefficient (Wildman–Crippen LogP) is 1.64. The number of rotatable bonds is 6. The van der Waals surface area contributed by atoms with Gasteiger partial charge in [-0.25, -0.2) is 0 Å². The van der Waals surface area contributed by atoms with Gasteiger partial charge in [0, 0.05) is 19.2 Å². The highest BCUT2D eigenvalue weighted by Gasteiger charge is 2.09. The van der Waals surface area contributed by atoms with E-state index < -0.39 is 0 Å². The lowest BCUT2D eigenvalue weighted by atomic mass is 10.1. The first-order chi connectivity index (χ1) is 7.76. The fraction of sp³-hybridized carbons (Fsp3) is 0.500. The van der Waals surface area contributed by atoms with E-state index in [0.29, 0.717) is 13.1 Å². The number of nitrogens with one attached hydrogen (secondary N) is 1. The van der Waals surface area contributed by atoms with E-state index >= 15 is 0 Å². The minimum Gasteiger partial charge on any atom is -0.496 e. The van der Waals surface area contributed by atoms with E-state index in [-0.39, 0.29) is 0 Å². The molecule has 4 heteroatoms. The van der Waals surface area contributed by atoms with Crippen LogP contribution in [0.4, 0.5) is 5.69 Å². The van der Waals surface area contributed by atoms with Crippen LogP contribution >= 0.6 is 0 Å². The topological polar surface area (TPSA) is 56.5 Å². The van der Waals surface area contributed by atoms with Crippen molar-refractivity contribution in [2.24, 2.45) is 5.73 Å². The molecule has 0 aromatic heterocycles. The molecule has 0 unspecified atom stereocenters. The highest BCUT2D eigenvalue weighted by Crippen LogP contribution is 2.32. The van der Waals surface area contributed by atoms with Crippen molar-refractivity contribution >= 4 is 5.69 Å². The Morgan fingerprint density at radius 3 is 2.38 bits per heavy atom. The summed E-state index contributed by atoms with van der Waals surface area (Å²) in [6.07, 6.45) is 0.913. The van der Waals surface area contributed by atoms with Gasteiger partial charge in [0.25, 0.3) is 0 Å². The van der Waals surface area contributed by atoms with Gasteiger partial charge in [-0.3, -0.25) is 0 Å². The molecule has 3 N–H and O–H groups in total. The van der Waals surface area contributed by atoms with Crippen molar-refractivity contribution in [1.29, 1.82) is 0 Å². The monoisotopic (exact) mass is 224 g/mol. The Bertz CT molecular complexity index is 340. The van der Waals surface area contributed by atoms with Gasteiger partial charge in [-0.15, -0.1) is 0 Å². The van der Waals surface area contributed by atoms with Crippen LogP contribution in [0.2, 0.25) is 0 Å². The SMILES string of the molecule is CCc1cc(OC)c(NCCN)cc1OC. The molecule has 0 bridgehead atoms. The molecule has 16 heavy (non-hydrogen) atoms. The molecule has 0 aliphatic carbocycles. The Hall–Kier alpha value is -1.42. The number of anilines is 1. The second-order valence-electron chi connectivity index (χ2n) is 3.43. The molecule has 0 radical (unpaired) electrons. The molecule has 0 aliphatic heterocycles. The van der Waals surface area contributed by atoms with Crippen LogP contribution in [-0.2, 0) is 6.42 Å². The van der Waals surface area contributed by atoms with E-state index in [1.54, 1.807) is 14.2 Å². The normalized spacial score (nSPS) is 10.0. The summed E-state index contributed by atoms with van der Waals surface area (Å²) in [6, 6.07) is 3.95. The van der Waals surface area contributed by atoms with Gasteiger partial charge < -0.3 is 20.5 Å². The molecule has 0 spiro atoms. The quantitative estimate of drug-likeness (QED) is 0.771. The highest BCUT2D eigenvalue weighted by atomic mass is 16.5. The first-order valence-corrected chi connectivity index (χ1v) is 5.45. The molecule has 0 atom stereocenters. The van der Waals surface area contributed by atoms with Crippen molar-refractivity contribution in [3.63, 3.8) is 0 Å². The minimum absolute atomic E-state index is 0.584. The van der Waals surface area contributed by atoms with E-state index in [1.165, 1.54) is 0 Å². The van der Waals surface area contributed by atoms with Crippen LogP contribution in [0.3, 0.4) is 0 Å². The zero-order valence-corrected chi connectivity index (χ0v) is 10.2. The molecule has 0 amide bonds. The van der Waals surface area contributed by atoms with Gasteiger partial charge >= 0.3 is 0 Å². The van der Waals surface area contributed by atoms with E-state index in [0.717, 1.165) is 29.2 Å². The number of nitrogens with two attached hydrogens (primary N) is 1. The summed E-state index contributed by atoms with van der Waals surface area (Å²) in [5.74, 6) is 1.70. The number of ether oxygens (including phenoxy) is 2. The van der Waals surface area contributed by atoms with Gasteiger partial charge in [0.15, 0.2) is 0 Å². The summed E-state index contributed by atoms with van der Waals surface area (Å²) in [4.78, 5) is 0. The Kier molecular flexibility index (Phi) is 4.92. The van der Waals surface area contributed by atoms with E-state index in [2.05, 4.69) is 12.2 Å². The maximum absolute atomic E-state index is 5.46. The molecule has 90 valence electrons. The van der Waals surface area contributed by atoms with Crippen molar-refractivity contribution in [2.75, 3.05) is 32.6 Å². The molecule has 1 aromatic carbocycles. The molecule has 0 fully saturated rings. The molecule has 1 aromatic rings. The summed E-state index contributed by atoms with van der Waals surface area (Å²) < 4.78 is 10.7. The van der Waals surface area contributed by atoms with Crippen LogP contribution in [0.5, 0.6) is 11.5 Å². The van der Waals surface area contributed by atoms with Gasteiger partial charge in [-0.2, -0.15) is 0 Å². The second kappa shape index (κ2) is 6.23. The van der Waals surface area contributed by atoms with Gasteiger partial charge in [0.2, 0.25) is 0 Å². The lowest BCUT2D eigenvalue weighted by Gasteiger charge is -2.15. The Balaban J connectivity index is 3.05. The predicted molar refractivity (Wildman–Crippen MR) is 66.5 cm³/mol. The molecule has 0 aliphatic rings. The molecule has 0 heterocycles. The summed E-state index contributed by atoms with van der Waals surface area (Å²) in [5.41, 5.74) is 7.52. The van der Waals surface area contributed by atoms with E-state index in [9.17, 15) is 0 Å². The Labute approximate surface area is 96.7 Å². The van der Waals surface area contributed by atoms with Crippen molar-refractivity contribution in [2.45, 2.75) is 13.3 Å². The first-order valence-electron chi connectivity index (χ1n) is 5.45. The van der Waals surface area contributed by atoms with Crippen LogP contribution in [0, 0.1) is 0 Å². The van der Waals surface area contributed by atoms with Crippen LogP contribution in [0.15, 0.2) is 12.1 Å². The van der Waals surface area contributed by atoms with Crippen LogP contribution in [0.1, 0.15) is 12.5 Å².